The summed E-state index contributed by atoms with van der Waals surface area (Å²) in [6, 6.07) is 3.32. The molecule has 2 rings (SSSR count). The number of ether oxygens (including phenoxy) is 1. The highest BCUT2D eigenvalue weighted by atomic mass is 127. The molecule has 0 aromatic carbocycles. The summed E-state index contributed by atoms with van der Waals surface area (Å²) in [5, 5.41) is 1.75. The minimum absolute atomic E-state index is 0. The van der Waals surface area contributed by atoms with Crippen LogP contribution in [0.25, 0.3) is 0 Å². The van der Waals surface area contributed by atoms with Crippen LogP contribution in [0.5, 0.6) is 0 Å². The van der Waals surface area contributed by atoms with Gasteiger partial charge in [0.2, 0.25) is 0 Å². The molecule has 126 valence electrons. The Bertz CT molecular complexity index is 571. The van der Waals surface area contributed by atoms with E-state index in [1.54, 1.807) is 24.6 Å². The quantitative estimate of drug-likeness (QED) is 0.396. The molecule has 1 aromatic heterocycles. The van der Waals surface area contributed by atoms with Gasteiger partial charge in [-0.3, -0.25) is 4.99 Å². The van der Waals surface area contributed by atoms with Crippen LogP contribution >= 0.6 is 35.3 Å². The summed E-state index contributed by atoms with van der Waals surface area (Å²) in [4.78, 5) is 6.19. The molecule has 7 nitrogen and oxygen atoms in total. The van der Waals surface area contributed by atoms with Crippen molar-refractivity contribution >= 4 is 51.3 Å². The first-order valence-corrected chi connectivity index (χ1v) is 8.96. The molecule has 0 spiro atoms. The van der Waals surface area contributed by atoms with Gasteiger partial charge in [-0.25, -0.2) is 8.42 Å². The minimum atomic E-state index is -3.41. The predicted molar refractivity (Wildman–Crippen MR) is 98.4 cm³/mol. The highest BCUT2D eigenvalue weighted by Crippen LogP contribution is 2.19. The van der Waals surface area contributed by atoms with Gasteiger partial charge in [-0.1, -0.05) is 6.07 Å². The van der Waals surface area contributed by atoms with E-state index in [-0.39, 0.29) is 24.0 Å². The lowest BCUT2D eigenvalue weighted by Gasteiger charge is -2.27. The van der Waals surface area contributed by atoms with Gasteiger partial charge < -0.3 is 15.4 Å². The summed E-state index contributed by atoms with van der Waals surface area (Å²) in [6.45, 7) is 3.36. The van der Waals surface area contributed by atoms with E-state index in [0.717, 1.165) is 13.1 Å². The molecule has 1 aliphatic heterocycles. The fourth-order valence-electron chi connectivity index (χ4n) is 1.88. The maximum atomic E-state index is 12.2. The monoisotopic (exact) mass is 460 g/mol. The zero-order valence-corrected chi connectivity index (χ0v) is 16.3. The largest absolute Gasteiger partial charge is 0.378 e. The van der Waals surface area contributed by atoms with Gasteiger partial charge in [0.05, 0.1) is 19.8 Å². The molecule has 1 fully saturated rings. The van der Waals surface area contributed by atoms with Crippen LogP contribution in [0.3, 0.4) is 0 Å². The van der Waals surface area contributed by atoms with Crippen molar-refractivity contribution in [1.29, 1.82) is 0 Å². The second-order valence-corrected chi connectivity index (χ2v) is 7.82. The van der Waals surface area contributed by atoms with Crippen LogP contribution in [0.1, 0.15) is 0 Å². The Morgan fingerprint density at radius 3 is 2.77 bits per heavy atom. The third kappa shape index (κ3) is 5.05. The van der Waals surface area contributed by atoms with Crippen molar-refractivity contribution in [2.75, 3.05) is 46.4 Å². The Morgan fingerprint density at radius 1 is 1.50 bits per heavy atom. The number of morpholine rings is 1. The third-order valence-electron chi connectivity index (χ3n) is 3.18. The molecule has 0 unspecified atom stereocenters. The average molecular weight is 460 g/mol. The fraction of sp³-hybridized carbons (Fsp3) is 0.583. The van der Waals surface area contributed by atoms with Gasteiger partial charge in [0.1, 0.15) is 4.21 Å². The molecule has 1 saturated heterocycles. The number of halogens is 1. The molecule has 2 N–H and O–H groups in total. The molecule has 0 atom stereocenters. The zero-order valence-electron chi connectivity index (χ0n) is 12.3. The predicted octanol–water partition coefficient (Wildman–Crippen LogP) is 0.633. The van der Waals surface area contributed by atoms with Crippen LogP contribution in [-0.4, -0.2) is 70.0 Å². The van der Waals surface area contributed by atoms with Gasteiger partial charge >= 0.3 is 0 Å². The lowest BCUT2D eigenvalue weighted by molar-refractivity contribution is 0.0674. The van der Waals surface area contributed by atoms with Gasteiger partial charge in [0.25, 0.3) is 10.0 Å². The van der Waals surface area contributed by atoms with E-state index < -0.39 is 10.0 Å². The summed E-state index contributed by atoms with van der Waals surface area (Å²) in [5.74, 6) is 0.445. The summed E-state index contributed by atoms with van der Waals surface area (Å²) in [6.07, 6.45) is 0. The number of guanidine groups is 1. The first kappa shape index (κ1) is 19.6. The van der Waals surface area contributed by atoms with Crippen molar-refractivity contribution in [3.05, 3.63) is 17.5 Å². The van der Waals surface area contributed by atoms with Gasteiger partial charge in [0, 0.05) is 26.7 Å². The average Bonchev–Trinajstić information content (AvgIpc) is 3.02. The molecule has 1 aliphatic rings. The first-order chi connectivity index (χ1) is 10.0. The van der Waals surface area contributed by atoms with E-state index in [4.69, 9.17) is 10.5 Å². The topological polar surface area (TPSA) is 88.2 Å². The molecule has 0 bridgehead atoms. The maximum Gasteiger partial charge on any atom is 0.252 e. The van der Waals surface area contributed by atoms with E-state index in [1.807, 2.05) is 4.90 Å². The molecule has 0 amide bonds. The SMILES string of the molecule is CN(CCN=C(N)N1CCOCC1)S(=O)(=O)c1cccs1.I. The van der Waals surface area contributed by atoms with Crippen molar-refractivity contribution in [2.24, 2.45) is 10.7 Å². The van der Waals surface area contributed by atoms with Crippen LogP contribution < -0.4 is 5.73 Å². The van der Waals surface area contributed by atoms with Crippen molar-refractivity contribution in [3.63, 3.8) is 0 Å². The Labute approximate surface area is 152 Å². The van der Waals surface area contributed by atoms with Crippen molar-refractivity contribution in [2.45, 2.75) is 4.21 Å². The smallest absolute Gasteiger partial charge is 0.252 e. The molecule has 0 saturated carbocycles. The lowest BCUT2D eigenvalue weighted by atomic mass is 10.4. The number of aliphatic imine (C=N–C) groups is 1. The Morgan fingerprint density at radius 2 is 2.18 bits per heavy atom. The van der Waals surface area contributed by atoms with Crippen LogP contribution in [0.2, 0.25) is 0 Å². The van der Waals surface area contributed by atoms with Crippen molar-refractivity contribution < 1.29 is 13.2 Å². The molecular formula is C12H21IN4O3S2. The number of hydrogen-bond donors (Lipinski definition) is 1. The van der Waals surface area contributed by atoms with E-state index in [9.17, 15) is 8.42 Å². The third-order valence-corrected chi connectivity index (χ3v) is 6.41. The summed E-state index contributed by atoms with van der Waals surface area (Å²) < 4.78 is 31.3. The lowest BCUT2D eigenvalue weighted by Crippen LogP contribution is -2.45. The summed E-state index contributed by atoms with van der Waals surface area (Å²) >= 11 is 1.21. The van der Waals surface area contributed by atoms with Gasteiger partial charge in [-0.05, 0) is 11.4 Å². The summed E-state index contributed by atoms with van der Waals surface area (Å²) in [5.41, 5.74) is 5.89. The van der Waals surface area contributed by atoms with Crippen LogP contribution in [0.15, 0.2) is 26.7 Å². The Balaban J connectivity index is 0.00000242. The van der Waals surface area contributed by atoms with Crippen molar-refractivity contribution in [3.8, 4) is 0 Å². The minimum Gasteiger partial charge on any atom is -0.378 e. The summed E-state index contributed by atoms with van der Waals surface area (Å²) in [7, 11) is -1.86. The number of sulfonamides is 1. The highest BCUT2D eigenvalue weighted by molar-refractivity contribution is 14.0. The standard InChI is InChI=1S/C12H20N4O3S2.HI/c1-15(21(17,18)11-3-2-10-20-11)5-4-14-12(13)16-6-8-19-9-7-16;/h2-3,10H,4-9H2,1H3,(H2,13,14);1H. The molecule has 22 heavy (non-hydrogen) atoms. The molecular weight excluding hydrogens is 439 g/mol. The normalized spacial score (nSPS) is 16.6. The number of thiophene rings is 1. The van der Waals surface area contributed by atoms with E-state index in [0.29, 0.717) is 36.5 Å². The number of nitrogens with two attached hydrogens (primary N) is 1. The van der Waals surface area contributed by atoms with E-state index >= 15 is 0 Å². The maximum absolute atomic E-state index is 12.2. The van der Waals surface area contributed by atoms with Crippen molar-refractivity contribution in [1.82, 2.24) is 9.21 Å². The van der Waals surface area contributed by atoms with Crippen LogP contribution in [0.4, 0.5) is 0 Å². The Hall–Kier alpha value is -0.430. The number of rotatable bonds is 5. The first-order valence-electron chi connectivity index (χ1n) is 6.64. The number of likely N-dealkylation sites (N-methyl/N-ethyl adjacent to an activating group) is 1. The van der Waals surface area contributed by atoms with Gasteiger partial charge in [0.15, 0.2) is 5.96 Å². The second-order valence-electron chi connectivity index (χ2n) is 4.60. The van der Waals surface area contributed by atoms with E-state index in [1.165, 1.54) is 15.6 Å². The van der Waals surface area contributed by atoms with Crippen LogP contribution in [-0.2, 0) is 14.8 Å². The number of hydrogen-bond acceptors (Lipinski definition) is 5. The zero-order chi connectivity index (χ0) is 15.3. The molecule has 2 heterocycles. The molecule has 0 radical (unpaired) electrons. The Kier molecular flexibility index (Phi) is 8.03. The molecule has 0 aliphatic carbocycles. The highest BCUT2D eigenvalue weighted by Gasteiger charge is 2.21. The van der Waals surface area contributed by atoms with Crippen LogP contribution in [0, 0.1) is 0 Å². The number of nitrogens with zero attached hydrogens (tertiary/aromatic N) is 3. The molecule has 1 aromatic rings. The van der Waals surface area contributed by atoms with Gasteiger partial charge in [-0.2, -0.15) is 4.31 Å². The molecule has 10 heteroatoms. The van der Waals surface area contributed by atoms with E-state index in [2.05, 4.69) is 4.99 Å². The second kappa shape index (κ2) is 9.01. The fourth-order valence-corrected chi connectivity index (χ4v) is 4.24. The van der Waals surface area contributed by atoms with Gasteiger partial charge in [-0.15, -0.1) is 35.3 Å².